The van der Waals surface area contributed by atoms with Crippen molar-refractivity contribution in [3.8, 4) is 5.88 Å². The Kier molecular flexibility index (Phi) is 4.24. The summed E-state index contributed by atoms with van der Waals surface area (Å²) < 4.78 is 24.1. The third-order valence-electron chi connectivity index (χ3n) is 3.74. The first-order valence-electron chi connectivity index (χ1n) is 7.95. The molecule has 2 aromatic heterocycles. The number of aliphatic hydroxyl groups is 2. The Bertz CT molecular complexity index is 756. The number of aliphatic hydroxyl groups excluding tert-OH is 2. The lowest BCUT2D eigenvalue weighted by Crippen LogP contribution is -2.34. The molecule has 1 unspecified atom stereocenters. The smallest absolute Gasteiger partial charge is 0.305 e. The lowest BCUT2D eigenvalue weighted by atomic mass is 10.1. The van der Waals surface area contributed by atoms with E-state index in [-0.39, 0.29) is 25.8 Å². The van der Waals surface area contributed by atoms with E-state index in [2.05, 4.69) is 15.0 Å². The van der Waals surface area contributed by atoms with E-state index in [4.69, 9.17) is 15.6 Å². The van der Waals surface area contributed by atoms with Gasteiger partial charge in [-0.1, -0.05) is 6.90 Å². The first kappa shape index (κ1) is 15.2. The second-order valence-corrected chi connectivity index (χ2v) is 5.19. The maximum Gasteiger partial charge on any atom is 0.305 e. The Balaban J connectivity index is 1.78. The van der Waals surface area contributed by atoms with Crippen molar-refractivity contribution in [3.05, 3.63) is 12.7 Å². The number of ether oxygens (including phenoxy) is 3. The van der Waals surface area contributed by atoms with Gasteiger partial charge in [-0.3, -0.25) is 9.36 Å². The van der Waals surface area contributed by atoms with Crippen molar-refractivity contribution in [2.75, 3.05) is 13.7 Å². The van der Waals surface area contributed by atoms with Gasteiger partial charge in [0.2, 0.25) is 5.88 Å². The molecule has 10 nitrogen and oxygen atoms in total. The molecule has 3 heterocycles. The van der Waals surface area contributed by atoms with Crippen LogP contribution in [0.4, 0.5) is 0 Å². The van der Waals surface area contributed by atoms with Gasteiger partial charge in [0.05, 0.1) is 13.4 Å². The van der Waals surface area contributed by atoms with Gasteiger partial charge in [-0.15, -0.1) is 0 Å². The molecule has 130 valence electrons. The summed E-state index contributed by atoms with van der Waals surface area (Å²) in [5, 5.41) is 20.4. The summed E-state index contributed by atoms with van der Waals surface area (Å²) >= 11 is 0. The summed E-state index contributed by atoms with van der Waals surface area (Å²) in [6, 6.07) is 0. The molecule has 1 saturated heterocycles. The lowest BCUT2D eigenvalue weighted by molar-refractivity contribution is -0.149. The van der Waals surface area contributed by atoms with Crippen LogP contribution in [-0.2, 0) is 14.3 Å². The van der Waals surface area contributed by atoms with E-state index in [0.29, 0.717) is 11.2 Å². The number of carbonyl (C=O) groups is 1. The monoisotopic (exact) mass is 339 g/mol. The highest BCUT2D eigenvalue weighted by atomic mass is 16.6. The Morgan fingerprint density at radius 2 is 2.25 bits per heavy atom. The number of hydrogen-bond acceptors (Lipinski definition) is 9. The second kappa shape index (κ2) is 6.67. The molecule has 0 aliphatic carbocycles. The van der Waals surface area contributed by atoms with E-state index >= 15 is 0 Å². The number of aromatic nitrogens is 4. The highest BCUT2D eigenvalue weighted by molar-refractivity contribution is 5.76. The highest BCUT2D eigenvalue weighted by Gasteiger charge is 2.44. The van der Waals surface area contributed by atoms with Gasteiger partial charge in [-0.05, 0) is 0 Å². The van der Waals surface area contributed by atoms with Gasteiger partial charge in [-0.25, -0.2) is 9.97 Å². The van der Waals surface area contributed by atoms with Gasteiger partial charge in [-0.2, -0.15) is 4.98 Å². The molecule has 0 bridgehead atoms. The molecule has 24 heavy (non-hydrogen) atoms. The van der Waals surface area contributed by atoms with Crippen LogP contribution in [0.5, 0.6) is 5.88 Å². The molecule has 2 N–H and O–H groups in total. The molecular formula is C14H18N4O6. The molecule has 2 aromatic rings. The van der Waals surface area contributed by atoms with Crippen molar-refractivity contribution in [3.63, 3.8) is 0 Å². The molecule has 10 heteroatoms. The van der Waals surface area contributed by atoms with Crippen molar-refractivity contribution < 1.29 is 30.6 Å². The largest absolute Gasteiger partial charge is 0.479 e. The van der Waals surface area contributed by atoms with Crippen LogP contribution < -0.4 is 4.74 Å². The van der Waals surface area contributed by atoms with Crippen LogP contribution in [-0.4, -0.2) is 67.7 Å². The minimum Gasteiger partial charge on any atom is -0.479 e. The van der Waals surface area contributed by atoms with E-state index in [1.165, 1.54) is 24.3 Å². The van der Waals surface area contributed by atoms with Gasteiger partial charge in [0.15, 0.2) is 17.4 Å². The van der Waals surface area contributed by atoms with Gasteiger partial charge >= 0.3 is 5.97 Å². The van der Waals surface area contributed by atoms with E-state index in [9.17, 15) is 15.0 Å². The summed E-state index contributed by atoms with van der Waals surface area (Å²) in [5.74, 6) is -0.285. The number of esters is 1. The van der Waals surface area contributed by atoms with Crippen molar-refractivity contribution in [1.82, 2.24) is 19.5 Å². The molecule has 0 aromatic carbocycles. The van der Waals surface area contributed by atoms with Crippen molar-refractivity contribution in [2.24, 2.45) is 0 Å². The minimum absolute atomic E-state index is 0.0440. The Morgan fingerprint density at radius 3 is 3.00 bits per heavy atom. The maximum atomic E-state index is 11.4. The van der Waals surface area contributed by atoms with Crippen LogP contribution in [0.2, 0.25) is 0 Å². The van der Waals surface area contributed by atoms with Gasteiger partial charge < -0.3 is 24.4 Å². The molecule has 0 radical (unpaired) electrons. The summed E-state index contributed by atoms with van der Waals surface area (Å²) in [7, 11) is 1.45. The topological polar surface area (TPSA) is 129 Å². The number of carbonyl (C=O) groups excluding carboxylic acids is 1. The van der Waals surface area contributed by atoms with Gasteiger partial charge in [0.25, 0.3) is 0 Å². The first-order valence-corrected chi connectivity index (χ1v) is 7.24. The fourth-order valence-corrected chi connectivity index (χ4v) is 2.51. The third-order valence-corrected chi connectivity index (χ3v) is 3.74. The van der Waals surface area contributed by atoms with E-state index < -0.39 is 30.5 Å². The zero-order chi connectivity index (χ0) is 18.0. The Morgan fingerprint density at radius 1 is 1.42 bits per heavy atom. The zero-order valence-corrected chi connectivity index (χ0v) is 12.9. The first-order chi connectivity index (χ1) is 12.1. The number of methoxy groups -OCH3 is 1. The average molecular weight is 339 g/mol. The summed E-state index contributed by atoms with van der Waals surface area (Å²) in [5.41, 5.74) is 0.760. The third kappa shape index (κ3) is 2.79. The fraction of sp³-hybridized carbons (Fsp3) is 0.571. The van der Waals surface area contributed by atoms with Crippen molar-refractivity contribution in [1.29, 1.82) is 0 Å². The Hall–Kier alpha value is -2.30. The minimum atomic E-state index is -1.27. The molecule has 1 fully saturated rings. The molecule has 4 atom stereocenters. The second-order valence-electron chi connectivity index (χ2n) is 5.19. The molecule has 0 saturated carbocycles. The summed E-state index contributed by atoms with van der Waals surface area (Å²) in [6.45, 7) is -0.306. The molecule has 3 rings (SSSR count). The Labute approximate surface area is 138 Å². The number of nitrogens with zero attached hydrogens (tertiary/aromatic N) is 4. The molecule has 0 amide bonds. The summed E-state index contributed by atoms with van der Waals surface area (Å²) in [4.78, 5) is 23.6. The fourth-order valence-electron chi connectivity index (χ4n) is 2.51. The van der Waals surface area contributed by atoms with Crippen LogP contribution in [0.15, 0.2) is 12.7 Å². The van der Waals surface area contributed by atoms with E-state index in [0.717, 1.165) is 0 Å². The number of hydrogen-bond donors (Lipinski definition) is 2. The van der Waals surface area contributed by atoms with Crippen LogP contribution >= 0.6 is 0 Å². The average Bonchev–Trinajstić information content (AvgIpc) is 3.15. The molecule has 1 aliphatic rings. The quantitative estimate of drug-likeness (QED) is 0.686. The normalized spacial score (nSPS) is 27.2. The van der Waals surface area contributed by atoms with E-state index in [1.54, 1.807) is 0 Å². The highest BCUT2D eigenvalue weighted by Crippen LogP contribution is 2.32. The number of fused-ring (bicyclic) bond motifs is 1. The molecule has 1 aliphatic heterocycles. The van der Waals surface area contributed by atoms with Crippen LogP contribution in [0.1, 0.15) is 20.9 Å². The van der Waals surface area contributed by atoms with Crippen molar-refractivity contribution in [2.45, 2.75) is 37.9 Å². The molecular weight excluding hydrogens is 320 g/mol. The van der Waals surface area contributed by atoms with Crippen LogP contribution in [0.3, 0.4) is 0 Å². The number of rotatable bonds is 5. The van der Waals surface area contributed by atoms with E-state index in [1.807, 2.05) is 0 Å². The predicted molar refractivity (Wildman–Crippen MR) is 79.0 cm³/mol. The predicted octanol–water partition coefficient (Wildman–Crippen LogP) is -0.593. The maximum absolute atomic E-state index is 11.4. The standard InChI is InChI=1S/C14H18N4O6/c1-3-8(19)23-4-7-10(20)11(21)14(24-7)18-6-17-9-12(18)15-5-16-13(9)22-2/h5-7,10-11,14,20-21H,3-4H2,1-2H3/t7-,10-,11+,14?/m1/s1/i1D. The zero-order valence-electron chi connectivity index (χ0n) is 13.9. The lowest BCUT2D eigenvalue weighted by Gasteiger charge is -2.16. The van der Waals surface area contributed by atoms with Gasteiger partial charge in [0, 0.05) is 7.79 Å². The van der Waals surface area contributed by atoms with Gasteiger partial charge in [0.1, 0.15) is 31.2 Å². The number of imidazole rings is 1. The van der Waals surface area contributed by atoms with Crippen molar-refractivity contribution >= 4 is 17.1 Å². The molecule has 0 spiro atoms. The SMILES string of the molecule is [2H]CCC(=O)OC[C@H]1OC(n2cnc3c(OC)ncnc32)[C@@H](O)[C@@H]1O. The summed E-state index contributed by atoms with van der Waals surface area (Å²) in [6.07, 6.45) is -1.74. The van der Waals surface area contributed by atoms with Crippen LogP contribution in [0.25, 0.3) is 11.2 Å². The van der Waals surface area contributed by atoms with Crippen LogP contribution in [0, 0.1) is 0 Å².